The first-order valence-corrected chi connectivity index (χ1v) is 10.2. The van der Waals surface area contributed by atoms with Gasteiger partial charge in [-0.15, -0.1) is 0 Å². The number of amides is 1. The van der Waals surface area contributed by atoms with Crippen molar-refractivity contribution in [3.63, 3.8) is 0 Å². The maximum Gasteiger partial charge on any atom is 0.416 e. The van der Waals surface area contributed by atoms with E-state index in [1.807, 2.05) is 0 Å². The molecule has 1 amide bonds. The summed E-state index contributed by atoms with van der Waals surface area (Å²) < 4.78 is 82.5. The largest absolute Gasteiger partial charge is 0.491 e. The molecule has 0 saturated heterocycles. The lowest BCUT2D eigenvalue weighted by atomic mass is 10.1. The van der Waals surface area contributed by atoms with Crippen molar-refractivity contribution in [2.45, 2.75) is 36.6 Å². The minimum Gasteiger partial charge on any atom is -0.491 e. The zero-order valence-electron chi connectivity index (χ0n) is 15.6. The van der Waals surface area contributed by atoms with Crippen LogP contribution in [0.3, 0.4) is 0 Å². The standard InChI is InChI=1S/C19H19F4NO4S/c1-3-10-28-17-9-4-13(19(21,22)23)11-16(17)24-18(25)12(2)29(26,27)15-7-5-14(20)6-8-15/h4-9,11-12H,3,10H2,1-2H3,(H,24,25). The van der Waals surface area contributed by atoms with Crippen molar-refractivity contribution in [2.75, 3.05) is 11.9 Å². The van der Waals surface area contributed by atoms with Crippen molar-refractivity contribution in [3.05, 3.63) is 53.8 Å². The Hall–Kier alpha value is -2.62. The normalized spacial score (nSPS) is 13.0. The Bertz CT molecular complexity index is 973. The number of carbonyl (C=O) groups excluding carboxylic acids is 1. The summed E-state index contributed by atoms with van der Waals surface area (Å²) in [5, 5.41) is 0.564. The van der Waals surface area contributed by atoms with E-state index in [9.17, 15) is 30.8 Å². The lowest BCUT2D eigenvalue weighted by Crippen LogP contribution is -2.33. The second-order valence-electron chi connectivity index (χ2n) is 6.19. The van der Waals surface area contributed by atoms with E-state index in [4.69, 9.17) is 4.74 Å². The van der Waals surface area contributed by atoms with Gasteiger partial charge in [-0.3, -0.25) is 4.79 Å². The topological polar surface area (TPSA) is 72.5 Å². The van der Waals surface area contributed by atoms with Gasteiger partial charge in [0.05, 0.1) is 22.8 Å². The van der Waals surface area contributed by atoms with Gasteiger partial charge in [0.1, 0.15) is 16.8 Å². The van der Waals surface area contributed by atoms with Crippen LogP contribution in [0.25, 0.3) is 0 Å². The third-order valence-corrected chi connectivity index (χ3v) is 6.08. The molecule has 0 aliphatic heterocycles. The summed E-state index contributed by atoms with van der Waals surface area (Å²) >= 11 is 0. The minimum absolute atomic E-state index is 0.0143. The number of nitrogens with one attached hydrogen (secondary N) is 1. The molecule has 0 fully saturated rings. The van der Waals surface area contributed by atoms with Gasteiger partial charge in [0.15, 0.2) is 9.84 Å². The molecule has 0 bridgehead atoms. The average Bonchev–Trinajstić information content (AvgIpc) is 2.65. The van der Waals surface area contributed by atoms with E-state index >= 15 is 0 Å². The average molecular weight is 433 g/mol. The quantitative estimate of drug-likeness (QED) is 0.518. The lowest BCUT2D eigenvalue weighted by Gasteiger charge is -2.17. The molecule has 0 aliphatic rings. The molecule has 29 heavy (non-hydrogen) atoms. The van der Waals surface area contributed by atoms with Crippen molar-refractivity contribution in [2.24, 2.45) is 0 Å². The van der Waals surface area contributed by atoms with E-state index in [1.165, 1.54) is 0 Å². The maximum atomic E-state index is 13.0. The second kappa shape index (κ2) is 8.81. The maximum absolute atomic E-state index is 13.0. The summed E-state index contributed by atoms with van der Waals surface area (Å²) in [7, 11) is -4.19. The number of alkyl halides is 3. The van der Waals surface area contributed by atoms with Crippen molar-refractivity contribution in [3.8, 4) is 5.75 Å². The van der Waals surface area contributed by atoms with Crippen LogP contribution < -0.4 is 10.1 Å². The summed E-state index contributed by atoms with van der Waals surface area (Å²) in [6.07, 6.45) is -4.08. The Morgan fingerprint density at radius 3 is 2.31 bits per heavy atom. The van der Waals surface area contributed by atoms with Gasteiger partial charge < -0.3 is 10.1 Å². The zero-order chi connectivity index (χ0) is 21.8. The number of carbonyl (C=O) groups is 1. The minimum atomic E-state index is -4.66. The second-order valence-corrected chi connectivity index (χ2v) is 8.46. The van der Waals surface area contributed by atoms with Crippen LogP contribution >= 0.6 is 0 Å². The van der Waals surface area contributed by atoms with Gasteiger partial charge in [-0.2, -0.15) is 13.2 Å². The molecule has 0 spiro atoms. The van der Waals surface area contributed by atoms with E-state index in [0.29, 0.717) is 12.5 Å². The summed E-state index contributed by atoms with van der Waals surface area (Å²) in [4.78, 5) is 12.2. The van der Waals surface area contributed by atoms with Gasteiger partial charge in [-0.05, 0) is 55.8 Å². The van der Waals surface area contributed by atoms with Gasteiger partial charge in [0, 0.05) is 0 Å². The third kappa shape index (κ3) is 5.47. The van der Waals surface area contributed by atoms with Crippen molar-refractivity contribution in [1.82, 2.24) is 0 Å². The first kappa shape index (κ1) is 22.7. The molecule has 0 aliphatic carbocycles. The van der Waals surface area contributed by atoms with Gasteiger partial charge in [0.25, 0.3) is 0 Å². The Labute approximate surface area is 165 Å². The molecule has 5 nitrogen and oxygen atoms in total. The Kier molecular flexibility index (Phi) is 6.89. The van der Waals surface area contributed by atoms with E-state index < -0.39 is 38.6 Å². The first-order valence-electron chi connectivity index (χ1n) is 8.61. The SMILES string of the molecule is CCCOc1ccc(C(F)(F)F)cc1NC(=O)C(C)S(=O)(=O)c1ccc(F)cc1. The molecule has 10 heteroatoms. The molecule has 158 valence electrons. The van der Waals surface area contributed by atoms with Crippen LogP contribution in [-0.2, 0) is 20.8 Å². The number of hydrogen-bond acceptors (Lipinski definition) is 4. The number of sulfone groups is 1. The number of benzene rings is 2. The predicted octanol–water partition coefficient (Wildman–Crippen LogP) is 4.43. The summed E-state index contributed by atoms with van der Waals surface area (Å²) in [6, 6.07) is 6.43. The molecular formula is C19H19F4NO4S. The van der Waals surface area contributed by atoms with E-state index in [-0.39, 0.29) is 22.9 Å². The highest BCUT2D eigenvalue weighted by Gasteiger charge is 2.33. The van der Waals surface area contributed by atoms with Gasteiger partial charge >= 0.3 is 6.18 Å². The molecule has 0 saturated carbocycles. The number of ether oxygens (including phenoxy) is 1. The number of hydrogen-bond donors (Lipinski definition) is 1. The smallest absolute Gasteiger partial charge is 0.416 e. The fourth-order valence-corrected chi connectivity index (χ4v) is 3.61. The fourth-order valence-electron chi connectivity index (χ4n) is 2.35. The number of halogens is 4. The molecular weight excluding hydrogens is 414 g/mol. The van der Waals surface area contributed by atoms with Crippen LogP contribution in [0.4, 0.5) is 23.2 Å². The first-order chi connectivity index (χ1) is 13.5. The van der Waals surface area contributed by atoms with Crippen LogP contribution in [0.2, 0.25) is 0 Å². The third-order valence-electron chi connectivity index (χ3n) is 4.00. The van der Waals surface area contributed by atoms with Gasteiger partial charge in [0.2, 0.25) is 5.91 Å². The van der Waals surface area contributed by atoms with Crippen molar-refractivity contribution in [1.29, 1.82) is 0 Å². The lowest BCUT2D eigenvalue weighted by molar-refractivity contribution is -0.137. The zero-order valence-corrected chi connectivity index (χ0v) is 16.4. The van der Waals surface area contributed by atoms with Crippen LogP contribution in [0, 0.1) is 5.82 Å². The van der Waals surface area contributed by atoms with Crippen molar-refractivity contribution < 1.29 is 35.5 Å². The highest BCUT2D eigenvalue weighted by molar-refractivity contribution is 7.92. The molecule has 1 unspecified atom stereocenters. The van der Waals surface area contributed by atoms with Crippen LogP contribution in [0.5, 0.6) is 5.75 Å². The van der Waals surface area contributed by atoms with E-state index in [1.54, 1.807) is 6.92 Å². The van der Waals surface area contributed by atoms with Crippen LogP contribution in [0.1, 0.15) is 25.8 Å². The molecule has 0 radical (unpaired) electrons. The summed E-state index contributed by atoms with van der Waals surface area (Å²) in [5.74, 6) is -1.71. The highest BCUT2D eigenvalue weighted by Crippen LogP contribution is 2.35. The number of anilines is 1. The Morgan fingerprint density at radius 2 is 1.76 bits per heavy atom. The van der Waals surface area contributed by atoms with E-state index in [0.717, 1.165) is 43.3 Å². The molecule has 1 atom stereocenters. The molecule has 2 aromatic carbocycles. The molecule has 2 aromatic rings. The van der Waals surface area contributed by atoms with Crippen LogP contribution in [-0.4, -0.2) is 26.2 Å². The highest BCUT2D eigenvalue weighted by atomic mass is 32.2. The predicted molar refractivity (Wildman–Crippen MR) is 98.9 cm³/mol. The number of rotatable bonds is 7. The van der Waals surface area contributed by atoms with Crippen molar-refractivity contribution >= 4 is 21.4 Å². The summed E-state index contributed by atoms with van der Waals surface area (Å²) in [6.45, 7) is 3.07. The van der Waals surface area contributed by atoms with Gasteiger partial charge in [-0.1, -0.05) is 6.92 Å². The Balaban J connectivity index is 2.33. The molecule has 2 rings (SSSR count). The molecule has 0 heterocycles. The van der Waals surface area contributed by atoms with Gasteiger partial charge in [-0.25, -0.2) is 12.8 Å². The Morgan fingerprint density at radius 1 is 1.14 bits per heavy atom. The fraction of sp³-hybridized carbons (Fsp3) is 0.316. The molecule has 0 aromatic heterocycles. The summed E-state index contributed by atoms with van der Waals surface area (Å²) in [5.41, 5.74) is -1.31. The monoisotopic (exact) mass is 433 g/mol. The van der Waals surface area contributed by atoms with E-state index in [2.05, 4.69) is 5.32 Å². The van der Waals surface area contributed by atoms with Crippen LogP contribution in [0.15, 0.2) is 47.4 Å². The molecule has 1 N–H and O–H groups in total.